The summed E-state index contributed by atoms with van der Waals surface area (Å²) in [6, 6.07) is 7.13. The van der Waals surface area contributed by atoms with Gasteiger partial charge >= 0.3 is 0 Å². The molecule has 1 aromatic carbocycles. The van der Waals surface area contributed by atoms with Gasteiger partial charge in [0.05, 0.1) is 6.10 Å². The van der Waals surface area contributed by atoms with E-state index in [0.29, 0.717) is 30.1 Å². The van der Waals surface area contributed by atoms with E-state index in [0.717, 1.165) is 24.8 Å². The first-order valence-electron chi connectivity index (χ1n) is 7.37. The van der Waals surface area contributed by atoms with Gasteiger partial charge in [0, 0.05) is 30.8 Å². The van der Waals surface area contributed by atoms with E-state index in [2.05, 4.69) is 0 Å². The van der Waals surface area contributed by atoms with Crippen LogP contribution in [0.3, 0.4) is 0 Å². The molecule has 1 aliphatic heterocycles. The maximum Gasteiger partial charge on any atom is 0.289 e. The van der Waals surface area contributed by atoms with E-state index in [1.807, 2.05) is 13.0 Å². The molecule has 2 N–H and O–H groups in total. The minimum atomic E-state index is -0.0947. The van der Waals surface area contributed by atoms with E-state index >= 15 is 0 Å². The lowest BCUT2D eigenvalue weighted by Gasteiger charge is -2.22. The van der Waals surface area contributed by atoms with Gasteiger partial charge in [-0.2, -0.15) is 0 Å². The van der Waals surface area contributed by atoms with Crippen molar-refractivity contribution in [2.45, 2.75) is 25.9 Å². The van der Waals surface area contributed by atoms with Crippen molar-refractivity contribution in [1.82, 2.24) is 4.90 Å². The van der Waals surface area contributed by atoms with Crippen molar-refractivity contribution >= 4 is 22.6 Å². The van der Waals surface area contributed by atoms with Crippen molar-refractivity contribution in [3.8, 4) is 0 Å². The molecule has 1 fully saturated rings. The molecule has 0 aliphatic carbocycles. The van der Waals surface area contributed by atoms with Gasteiger partial charge in [-0.05, 0) is 44.0 Å². The van der Waals surface area contributed by atoms with E-state index < -0.39 is 0 Å². The molecule has 1 amide bonds. The summed E-state index contributed by atoms with van der Waals surface area (Å²) in [7, 11) is 0. The van der Waals surface area contributed by atoms with Crippen LogP contribution < -0.4 is 5.73 Å². The van der Waals surface area contributed by atoms with Crippen LogP contribution in [0.5, 0.6) is 0 Å². The van der Waals surface area contributed by atoms with Crippen molar-refractivity contribution in [1.29, 1.82) is 0 Å². The summed E-state index contributed by atoms with van der Waals surface area (Å²) in [5.41, 5.74) is 7.09. The molecular weight excluding hydrogens is 268 g/mol. The zero-order chi connectivity index (χ0) is 14.8. The van der Waals surface area contributed by atoms with Crippen molar-refractivity contribution in [2.24, 2.45) is 0 Å². The zero-order valence-electron chi connectivity index (χ0n) is 12.2. The highest BCUT2D eigenvalue weighted by Crippen LogP contribution is 2.23. The number of nitrogens with two attached hydrogens (primary N) is 1. The lowest BCUT2D eigenvalue weighted by atomic mass is 10.2. The van der Waals surface area contributed by atoms with Crippen LogP contribution in [-0.4, -0.2) is 36.6 Å². The van der Waals surface area contributed by atoms with Gasteiger partial charge < -0.3 is 19.8 Å². The van der Waals surface area contributed by atoms with Gasteiger partial charge in [0.15, 0.2) is 5.76 Å². The van der Waals surface area contributed by atoms with E-state index in [1.54, 1.807) is 23.1 Å². The second-order valence-corrected chi connectivity index (χ2v) is 5.39. The molecule has 1 saturated heterocycles. The van der Waals surface area contributed by atoms with Crippen LogP contribution in [0.2, 0.25) is 0 Å². The Kier molecular flexibility index (Phi) is 3.84. The van der Waals surface area contributed by atoms with Crippen molar-refractivity contribution in [3.05, 3.63) is 30.0 Å². The number of rotatable bonds is 4. The van der Waals surface area contributed by atoms with Crippen molar-refractivity contribution in [3.63, 3.8) is 0 Å². The minimum absolute atomic E-state index is 0.0947. The molecule has 0 radical (unpaired) electrons. The fourth-order valence-corrected chi connectivity index (χ4v) is 2.71. The Morgan fingerprint density at radius 1 is 1.43 bits per heavy atom. The predicted octanol–water partition coefficient (Wildman–Crippen LogP) is 2.66. The number of nitrogens with zero attached hydrogens (tertiary/aromatic N) is 1. The molecular formula is C16H20N2O3. The average Bonchev–Trinajstić information content (AvgIpc) is 3.12. The molecule has 2 aromatic rings. The zero-order valence-corrected chi connectivity index (χ0v) is 12.2. The van der Waals surface area contributed by atoms with Crippen LogP contribution in [0, 0.1) is 0 Å². The number of carbonyl (C=O) groups excluding carboxylic acids is 1. The lowest BCUT2D eigenvalue weighted by molar-refractivity contribution is 0.0517. The highest BCUT2D eigenvalue weighted by molar-refractivity contribution is 5.96. The summed E-state index contributed by atoms with van der Waals surface area (Å²) in [5.74, 6) is 0.262. The molecule has 21 heavy (non-hydrogen) atoms. The second-order valence-electron chi connectivity index (χ2n) is 5.39. The molecule has 0 saturated carbocycles. The Morgan fingerprint density at radius 2 is 2.29 bits per heavy atom. The molecule has 5 nitrogen and oxygen atoms in total. The van der Waals surface area contributed by atoms with E-state index in [4.69, 9.17) is 14.9 Å². The number of likely N-dealkylation sites (N-methyl/N-ethyl adjacent to an activating group) is 1. The average molecular weight is 288 g/mol. The number of ether oxygens (including phenoxy) is 1. The normalized spacial score (nSPS) is 18.2. The largest absolute Gasteiger partial charge is 0.451 e. The Morgan fingerprint density at radius 3 is 3.00 bits per heavy atom. The molecule has 1 aliphatic rings. The van der Waals surface area contributed by atoms with Crippen LogP contribution in [0.25, 0.3) is 11.0 Å². The Labute approximate surface area is 123 Å². The number of nitrogen functional groups attached to an aromatic ring is 1. The van der Waals surface area contributed by atoms with Crippen LogP contribution in [0.15, 0.2) is 28.7 Å². The first-order valence-corrected chi connectivity index (χ1v) is 7.37. The van der Waals surface area contributed by atoms with Crippen LogP contribution >= 0.6 is 0 Å². The SMILES string of the molecule is CCN(CC1CCCO1)C(=O)c1cc2cc(N)ccc2o1. The molecule has 1 atom stereocenters. The van der Waals surface area contributed by atoms with Gasteiger partial charge in [-0.3, -0.25) is 4.79 Å². The number of fused-ring (bicyclic) bond motifs is 1. The van der Waals surface area contributed by atoms with E-state index in [1.165, 1.54) is 0 Å². The Bertz CT molecular complexity index is 644. The Balaban J connectivity index is 1.80. The third-order valence-electron chi connectivity index (χ3n) is 3.87. The molecule has 2 heterocycles. The first-order chi connectivity index (χ1) is 10.2. The molecule has 0 spiro atoms. The standard InChI is InChI=1S/C16H20N2O3/c1-2-18(10-13-4-3-7-20-13)16(19)15-9-11-8-12(17)5-6-14(11)21-15/h5-6,8-9,13H,2-4,7,10,17H2,1H3. The van der Waals surface area contributed by atoms with E-state index in [-0.39, 0.29) is 12.0 Å². The van der Waals surface area contributed by atoms with Crippen LogP contribution in [0.1, 0.15) is 30.3 Å². The van der Waals surface area contributed by atoms with Crippen molar-refractivity contribution in [2.75, 3.05) is 25.4 Å². The van der Waals surface area contributed by atoms with Gasteiger partial charge in [-0.15, -0.1) is 0 Å². The molecule has 1 unspecified atom stereocenters. The second kappa shape index (κ2) is 5.77. The van der Waals surface area contributed by atoms with Crippen LogP contribution in [0.4, 0.5) is 5.69 Å². The predicted molar refractivity (Wildman–Crippen MR) is 81.2 cm³/mol. The number of benzene rings is 1. The topological polar surface area (TPSA) is 68.7 Å². The monoisotopic (exact) mass is 288 g/mol. The molecule has 0 bridgehead atoms. The molecule has 5 heteroatoms. The number of amides is 1. The molecule has 3 rings (SSSR count). The number of hydrogen-bond donors (Lipinski definition) is 1. The van der Waals surface area contributed by atoms with Crippen LogP contribution in [-0.2, 0) is 4.74 Å². The van der Waals surface area contributed by atoms with E-state index in [9.17, 15) is 4.79 Å². The summed E-state index contributed by atoms with van der Waals surface area (Å²) < 4.78 is 11.2. The third kappa shape index (κ3) is 2.88. The number of hydrogen-bond acceptors (Lipinski definition) is 4. The van der Waals surface area contributed by atoms with Gasteiger partial charge in [0.25, 0.3) is 5.91 Å². The smallest absolute Gasteiger partial charge is 0.289 e. The number of anilines is 1. The highest BCUT2D eigenvalue weighted by atomic mass is 16.5. The number of furan rings is 1. The summed E-state index contributed by atoms with van der Waals surface area (Å²) in [4.78, 5) is 14.3. The summed E-state index contributed by atoms with van der Waals surface area (Å²) in [6.07, 6.45) is 2.23. The highest BCUT2D eigenvalue weighted by Gasteiger charge is 2.24. The summed E-state index contributed by atoms with van der Waals surface area (Å²) in [6.45, 7) is 4.01. The summed E-state index contributed by atoms with van der Waals surface area (Å²) in [5, 5.41) is 0.853. The third-order valence-corrected chi connectivity index (χ3v) is 3.87. The maximum absolute atomic E-state index is 12.6. The lowest BCUT2D eigenvalue weighted by Crippen LogP contribution is -2.37. The molecule has 1 aromatic heterocycles. The fraction of sp³-hybridized carbons (Fsp3) is 0.438. The van der Waals surface area contributed by atoms with Crippen molar-refractivity contribution < 1.29 is 13.9 Å². The molecule has 112 valence electrons. The maximum atomic E-state index is 12.6. The first kappa shape index (κ1) is 13.9. The van der Waals surface area contributed by atoms with Gasteiger partial charge in [-0.1, -0.05) is 0 Å². The minimum Gasteiger partial charge on any atom is -0.451 e. The van der Waals surface area contributed by atoms with Gasteiger partial charge in [0.1, 0.15) is 5.58 Å². The number of carbonyl (C=O) groups is 1. The summed E-state index contributed by atoms with van der Waals surface area (Å²) >= 11 is 0. The fourth-order valence-electron chi connectivity index (χ4n) is 2.71. The quantitative estimate of drug-likeness (QED) is 0.878. The van der Waals surface area contributed by atoms with Gasteiger partial charge in [-0.25, -0.2) is 0 Å². The van der Waals surface area contributed by atoms with Gasteiger partial charge in [0.2, 0.25) is 0 Å². The Hall–Kier alpha value is -2.01.